The molecule has 1 N–H and O–H groups in total. The molecule has 1 fully saturated rings. The van der Waals surface area contributed by atoms with E-state index in [9.17, 15) is 4.79 Å². The van der Waals surface area contributed by atoms with E-state index in [1.807, 2.05) is 32.9 Å². The lowest BCUT2D eigenvalue weighted by Crippen LogP contribution is -2.31. The average molecular weight is 321 g/mol. The Morgan fingerprint density at radius 1 is 1.43 bits per heavy atom. The van der Waals surface area contributed by atoms with Gasteiger partial charge >= 0.3 is 0 Å². The SMILES string of the molecule is CCOc1ccc(C(=O)NC[C@H]2CCCO2)cc1COC(C)C. The van der Waals surface area contributed by atoms with Crippen molar-refractivity contribution < 1.29 is 19.0 Å². The van der Waals surface area contributed by atoms with Gasteiger partial charge in [-0.25, -0.2) is 0 Å². The number of hydrogen-bond acceptors (Lipinski definition) is 4. The van der Waals surface area contributed by atoms with Crippen LogP contribution in [0, 0.1) is 0 Å². The minimum absolute atomic E-state index is 0.0886. The van der Waals surface area contributed by atoms with E-state index < -0.39 is 0 Å². The zero-order chi connectivity index (χ0) is 16.7. The summed E-state index contributed by atoms with van der Waals surface area (Å²) >= 11 is 0. The predicted molar refractivity (Wildman–Crippen MR) is 88.8 cm³/mol. The van der Waals surface area contributed by atoms with Crippen molar-refractivity contribution in [2.45, 2.75) is 52.4 Å². The fraction of sp³-hybridized carbons (Fsp3) is 0.611. The Balaban J connectivity index is 2.01. The maximum atomic E-state index is 12.3. The third kappa shape index (κ3) is 5.52. The van der Waals surface area contributed by atoms with Gasteiger partial charge in [0.05, 0.1) is 25.4 Å². The molecule has 1 amide bonds. The van der Waals surface area contributed by atoms with Crippen molar-refractivity contribution in [1.29, 1.82) is 0 Å². The Morgan fingerprint density at radius 3 is 2.91 bits per heavy atom. The van der Waals surface area contributed by atoms with Gasteiger partial charge in [0.25, 0.3) is 5.91 Å². The van der Waals surface area contributed by atoms with Gasteiger partial charge in [-0.3, -0.25) is 4.79 Å². The second-order valence-corrected chi connectivity index (χ2v) is 5.96. The first-order valence-electron chi connectivity index (χ1n) is 8.37. The van der Waals surface area contributed by atoms with Crippen LogP contribution in [0.4, 0.5) is 0 Å². The molecule has 0 radical (unpaired) electrons. The molecular weight excluding hydrogens is 294 g/mol. The molecule has 1 aromatic carbocycles. The number of benzene rings is 1. The third-order valence-electron chi connectivity index (χ3n) is 3.71. The van der Waals surface area contributed by atoms with Crippen LogP contribution in [0.2, 0.25) is 0 Å². The van der Waals surface area contributed by atoms with E-state index in [-0.39, 0.29) is 18.1 Å². The lowest BCUT2D eigenvalue weighted by molar-refractivity contribution is 0.0641. The molecule has 1 aromatic rings. The summed E-state index contributed by atoms with van der Waals surface area (Å²) in [4.78, 5) is 12.3. The molecule has 0 spiro atoms. The highest BCUT2D eigenvalue weighted by atomic mass is 16.5. The highest BCUT2D eigenvalue weighted by molar-refractivity contribution is 5.94. The van der Waals surface area contributed by atoms with Gasteiger partial charge in [0.15, 0.2) is 0 Å². The summed E-state index contributed by atoms with van der Waals surface area (Å²) in [7, 11) is 0. The lowest BCUT2D eigenvalue weighted by atomic mass is 10.1. The highest BCUT2D eigenvalue weighted by Crippen LogP contribution is 2.22. The molecule has 2 rings (SSSR count). The first-order valence-corrected chi connectivity index (χ1v) is 8.37. The number of carbonyl (C=O) groups excluding carboxylic acids is 1. The number of ether oxygens (including phenoxy) is 3. The lowest BCUT2D eigenvalue weighted by Gasteiger charge is -2.15. The summed E-state index contributed by atoms with van der Waals surface area (Å²) in [6, 6.07) is 5.47. The van der Waals surface area contributed by atoms with Crippen LogP contribution < -0.4 is 10.1 Å². The molecule has 1 aliphatic heterocycles. The number of rotatable bonds is 8. The number of carbonyl (C=O) groups is 1. The summed E-state index contributed by atoms with van der Waals surface area (Å²) in [6.45, 7) is 8.27. The third-order valence-corrected chi connectivity index (χ3v) is 3.71. The van der Waals surface area contributed by atoms with Crippen LogP contribution in [0.1, 0.15) is 49.5 Å². The van der Waals surface area contributed by atoms with Crippen molar-refractivity contribution in [1.82, 2.24) is 5.32 Å². The number of hydrogen-bond donors (Lipinski definition) is 1. The number of amides is 1. The smallest absolute Gasteiger partial charge is 0.251 e. The quantitative estimate of drug-likeness (QED) is 0.800. The first-order chi connectivity index (χ1) is 11.1. The Labute approximate surface area is 138 Å². The van der Waals surface area contributed by atoms with Gasteiger partial charge in [-0.05, 0) is 51.8 Å². The van der Waals surface area contributed by atoms with Crippen molar-refractivity contribution >= 4 is 5.91 Å². The van der Waals surface area contributed by atoms with Gasteiger partial charge in [-0.1, -0.05) is 0 Å². The summed E-state index contributed by atoms with van der Waals surface area (Å²) in [6.07, 6.45) is 2.35. The minimum atomic E-state index is -0.0886. The molecule has 0 aliphatic carbocycles. The van der Waals surface area contributed by atoms with Crippen molar-refractivity contribution in [3.63, 3.8) is 0 Å². The van der Waals surface area contributed by atoms with Crippen LogP contribution in [0.25, 0.3) is 0 Å². The topological polar surface area (TPSA) is 56.8 Å². The summed E-state index contributed by atoms with van der Waals surface area (Å²) in [5.74, 6) is 0.679. The Bertz CT molecular complexity index is 510. The van der Waals surface area contributed by atoms with Gasteiger partial charge < -0.3 is 19.5 Å². The molecule has 0 unspecified atom stereocenters. The van der Waals surface area contributed by atoms with Crippen molar-refractivity contribution in [3.8, 4) is 5.75 Å². The maximum Gasteiger partial charge on any atom is 0.251 e. The maximum absolute atomic E-state index is 12.3. The van der Waals surface area contributed by atoms with Gasteiger partial charge in [0, 0.05) is 24.3 Å². The summed E-state index contributed by atoms with van der Waals surface area (Å²) in [5.41, 5.74) is 1.51. The van der Waals surface area contributed by atoms with Crippen molar-refractivity contribution in [3.05, 3.63) is 29.3 Å². The molecule has 5 nitrogen and oxygen atoms in total. The van der Waals surface area contributed by atoms with E-state index in [0.717, 1.165) is 30.8 Å². The zero-order valence-electron chi connectivity index (χ0n) is 14.3. The van der Waals surface area contributed by atoms with E-state index in [0.29, 0.717) is 25.3 Å². The Kier molecular flexibility index (Phi) is 6.86. The van der Waals surface area contributed by atoms with E-state index in [2.05, 4.69) is 5.32 Å². The molecule has 1 saturated heterocycles. The van der Waals surface area contributed by atoms with E-state index in [4.69, 9.17) is 14.2 Å². The van der Waals surface area contributed by atoms with Gasteiger partial charge in [0.2, 0.25) is 0 Å². The van der Waals surface area contributed by atoms with Crippen molar-refractivity contribution in [2.24, 2.45) is 0 Å². The second kappa shape index (κ2) is 8.89. The molecule has 1 aliphatic rings. The van der Waals surface area contributed by atoms with Crippen molar-refractivity contribution in [2.75, 3.05) is 19.8 Å². The van der Waals surface area contributed by atoms with Crippen LogP contribution in [-0.4, -0.2) is 37.9 Å². The molecule has 0 bridgehead atoms. The molecule has 0 saturated carbocycles. The molecule has 23 heavy (non-hydrogen) atoms. The normalized spacial score (nSPS) is 17.5. The molecular formula is C18H27NO4. The fourth-order valence-electron chi connectivity index (χ4n) is 2.50. The predicted octanol–water partition coefficient (Wildman–Crippen LogP) is 2.92. The molecule has 1 heterocycles. The van der Waals surface area contributed by atoms with Crippen LogP contribution >= 0.6 is 0 Å². The molecule has 5 heteroatoms. The van der Waals surface area contributed by atoms with Gasteiger partial charge in [-0.2, -0.15) is 0 Å². The van der Waals surface area contributed by atoms with Crippen LogP contribution in [0.5, 0.6) is 5.75 Å². The van der Waals surface area contributed by atoms with Crippen LogP contribution in [0.15, 0.2) is 18.2 Å². The van der Waals surface area contributed by atoms with Crippen LogP contribution in [0.3, 0.4) is 0 Å². The molecule has 128 valence electrons. The van der Waals surface area contributed by atoms with E-state index in [1.54, 1.807) is 6.07 Å². The summed E-state index contributed by atoms with van der Waals surface area (Å²) in [5, 5.41) is 2.94. The Morgan fingerprint density at radius 2 is 2.26 bits per heavy atom. The van der Waals surface area contributed by atoms with Gasteiger partial charge in [0.1, 0.15) is 5.75 Å². The molecule has 0 aromatic heterocycles. The number of nitrogens with one attached hydrogen (secondary N) is 1. The molecule has 1 atom stereocenters. The monoisotopic (exact) mass is 321 g/mol. The summed E-state index contributed by atoms with van der Waals surface area (Å²) < 4.78 is 16.8. The van der Waals surface area contributed by atoms with E-state index >= 15 is 0 Å². The van der Waals surface area contributed by atoms with Crippen LogP contribution in [-0.2, 0) is 16.1 Å². The first kappa shape index (κ1) is 17.8. The largest absolute Gasteiger partial charge is 0.494 e. The second-order valence-electron chi connectivity index (χ2n) is 5.96. The zero-order valence-corrected chi connectivity index (χ0v) is 14.3. The Hall–Kier alpha value is -1.59. The van der Waals surface area contributed by atoms with Gasteiger partial charge in [-0.15, -0.1) is 0 Å². The highest BCUT2D eigenvalue weighted by Gasteiger charge is 2.17. The fourth-order valence-corrected chi connectivity index (χ4v) is 2.50. The average Bonchev–Trinajstić information content (AvgIpc) is 3.05. The van der Waals surface area contributed by atoms with E-state index in [1.165, 1.54) is 0 Å². The standard InChI is InChI=1S/C18H27NO4/c1-4-21-17-8-7-14(10-15(17)12-23-13(2)3)18(20)19-11-16-6-5-9-22-16/h7-8,10,13,16H,4-6,9,11-12H2,1-3H3,(H,19,20)/t16-/m1/s1. The minimum Gasteiger partial charge on any atom is -0.494 e.